The van der Waals surface area contributed by atoms with E-state index >= 15 is 0 Å². The molecule has 0 N–H and O–H groups in total. The summed E-state index contributed by atoms with van der Waals surface area (Å²) in [5.74, 6) is -0.921. The van der Waals surface area contributed by atoms with E-state index in [1.54, 1.807) is 0 Å². The summed E-state index contributed by atoms with van der Waals surface area (Å²) in [6.07, 6.45) is 38.1. The number of carboxylic acids is 1. The first-order valence-corrected chi connectivity index (χ1v) is 17.1. The summed E-state index contributed by atoms with van der Waals surface area (Å²) in [7, 11) is 0. The number of carboxylic acid groups (broad SMARTS) is 1. The molecule has 0 aliphatic carbocycles. The van der Waals surface area contributed by atoms with E-state index in [2.05, 4.69) is 18.7 Å². The van der Waals surface area contributed by atoms with Crippen molar-refractivity contribution in [2.24, 2.45) is 0 Å². The Labute approximate surface area is 233 Å². The van der Waals surface area contributed by atoms with Crippen LogP contribution in [0.5, 0.6) is 0 Å². The fraction of sp³-hybridized carbons (Fsp3) is 0.971. The molecule has 0 bridgehead atoms. The topological polar surface area (TPSA) is 43.4 Å². The van der Waals surface area contributed by atoms with Crippen LogP contribution in [0.25, 0.3) is 0 Å². The highest BCUT2D eigenvalue weighted by Gasteiger charge is 2.05. The molecular formula is C34H68NO2-. The number of carbonyl (C=O) groups excluding carboxylic acids is 1. The molecule has 0 saturated carbocycles. The third-order valence-corrected chi connectivity index (χ3v) is 8.01. The Morgan fingerprint density at radius 1 is 0.405 bits per heavy atom. The SMILES string of the molecule is CCCCCCCCCCCCCCCCN(CCCCCCCCCCCCCCCC)CC(=O)[O-]. The fourth-order valence-electron chi connectivity index (χ4n) is 5.51. The third-order valence-electron chi connectivity index (χ3n) is 8.01. The Kier molecular flexibility index (Phi) is 31.2. The van der Waals surface area contributed by atoms with Crippen LogP contribution in [0, 0.1) is 0 Å². The second kappa shape index (κ2) is 31.6. The van der Waals surface area contributed by atoms with Crippen molar-refractivity contribution in [3.8, 4) is 0 Å². The largest absolute Gasteiger partial charge is 0.549 e. The van der Waals surface area contributed by atoms with E-state index in [0.717, 1.165) is 25.9 Å². The van der Waals surface area contributed by atoms with Gasteiger partial charge in [0.25, 0.3) is 0 Å². The predicted octanol–water partition coefficient (Wildman–Crippen LogP) is 10.0. The van der Waals surface area contributed by atoms with Crippen LogP contribution in [0.2, 0.25) is 0 Å². The van der Waals surface area contributed by atoms with Gasteiger partial charge in [-0.25, -0.2) is 0 Å². The van der Waals surface area contributed by atoms with E-state index < -0.39 is 5.97 Å². The maximum atomic E-state index is 11.2. The minimum absolute atomic E-state index is 0.108. The zero-order valence-corrected chi connectivity index (χ0v) is 25.7. The van der Waals surface area contributed by atoms with Gasteiger partial charge in [0.2, 0.25) is 0 Å². The minimum Gasteiger partial charge on any atom is -0.549 e. The zero-order chi connectivity index (χ0) is 27.1. The molecule has 3 nitrogen and oxygen atoms in total. The molecule has 0 amide bonds. The van der Waals surface area contributed by atoms with Gasteiger partial charge in [0.15, 0.2) is 0 Å². The summed E-state index contributed by atoms with van der Waals surface area (Å²) in [6, 6.07) is 0. The van der Waals surface area contributed by atoms with Crippen LogP contribution in [0.3, 0.4) is 0 Å². The molecule has 3 heteroatoms. The number of aliphatic carboxylic acids is 1. The van der Waals surface area contributed by atoms with Gasteiger partial charge in [0.05, 0.1) is 5.97 Å². The molecule has 222 valence electrons. The molecule has 0 saturated heterocycles. The monoisotopic (exact) mass is 523 g/mol. The highest BCUT2D eigenvalue weighted by atomic mass is 16.4. The lowest BCUT2D eigenvalue weighted by atomic mass is 10.0. The van der Waals surface area contributed by atoms with Crippen molar-refractivity contribution in [2.45, 2.75) is 194 Å². The standard InChI is InChI=1S/C34H69NO2/c1-3-5-7-9-11-13-15-17-19-21-23-25-27-29-31-35(33-34(36)37)32-30-28-26-24-22-20-18-16-14-12-10-8-6-4-2/h3-33H2,1-2H3,(H,36,37)/p-1. The van der Waals surface area contributed by atoms with Crippen LogP contribution in [-0.4, -0.2) is 30.5 Å². The lowest BCUT2D eigenvalue weighted by Gasteiger charge is -2.22. The molecule has 0 aromatic heterocycles. The number of hydrogen-bond acceptors (Lipinski definition) is 3. The number of rotatable bonds is 32. The maximum Gasteiger partial charge on any atom is 0.0555 e. The average Bonchev–Trinajstić information content (AvgIpc) is 2.88. The minimum atomic E-state index is -0.921. The van der Waals surface area contributed by atoms with Crippen molar-refractivity contribution in [1.82, 2.24) is 4.90 Å². The van der Waals surface area contributed by atoms with E-state index in [0.29, 0.717) is 0 Å². The highest BCUT2D eigenvalue weighted by Crippen LogP contribution is 2.15. The summed E-state index contributed by atoms with van der Waals surface area (Å²) in [6.45, 7) is 6.52. The first-order valence-electron chi connectivity index (χ1n) is 17.1. The Morgan fingerprint density at radius 2 is 0.622 bits per heavy atom. The second-order valence-corrected chi connectivity index (χ2v) is 11.8. The normalized spacial score (nSPS) is 11.5. The van der Waals surface area contributed by atoms with E-state index in [4.69, 9.17) is 0 Å². The van der Waals surface area contributed by atoms with Crippen LogP contribution < -0.4 is 5.11 Å². The molecule has 0 aliphatic rings. The van der Waals surface area contributed by atoms with Crippen LogP contribution >= 0.6 is 0 Å². The van der Waals surface area contributed by atoms with Crippen molar-refractivity contribution in [3.63, 3.8) is 0 Å². The Bertz CT molecular complexity index is 408. The molecule has 0 radical (unpaired) electrons. The van der Waals surface area contributed by atoms with Crippen molar-refractivity contribution in [1.29, 1.82) is 0 Å². The zero-order valence-electron chi connectivity index (χ0n) is 25.7. The lowest BCUT2D eigenvalue weighted by molar-refractivity contribution is -0.306. The smallest absolute Gasteiger partial charge is 0.0555 e. The molecule has 37 heavy (non-hydrogen) atoms. The van der Waals surface area contributed by atoms with E-state index in [1.165, 1.54) is 167 Å². The summed E-state index contributed by atoms with van der Waals surface area (Å²) in [4.78, 5) is 13.3. The van der Waals surface area contributed by atoms with Gasteiger partial charge in [0, 0.05) is 6.54 Å². The first kappa shape index (κ1) is 36.4. The van der Waals surface area contributed by atoms with Crippen LogP contribution in [0.4, 0.5) is 0 Å². The molecule has 0 fully saturated rings. The molecule has 0 aliphatic heterocycles. The first-order chi connectivity index (χ1) is 18.2. The van der Waals surface area contributed by atoms with Gasteiger partial charge in [0.1, 0.15) is 0 Å². The molecule has 0 aromatic carbocycles. The quantitative estimate of drug-likeness (QED) is 0.0825. The Balaban J connectivity index is 3.49. The third kappa shape index (κ3) is 31.5. The fourth-order valence-corrected chi connectivity index (χ4v) is 5.51. The number of unbranched alkanes of at least 4 members (excludes halogenated alkanes) is 26. The number of carbonyl (C=O) groups is 1. The molecular weight excluding hydrogens is 454 g/mol. The molecule has 0 rings (SSSR count). The van der Waals surface area contributed by atoms with Crippen molar-refractivity contribution >= 4 is 5.97 Å². The van der Waals surface area contributed by atoms with Gasteiger partial charge in [-0.2, -0.15) is 0 Å². The second-order valence-electron chi connectivity index (χ2n) is 11.8. The number of nitrogens with zero attached hydrogens (tertiary/aromatic N) is 1. The molecule has 0 atom stereocenters. The molecule has 0 unspecified atom stereocenters. The predicted molar refractivity (Wildman–Crippen MR) is 162 cm³/mol. The summed E-state index contributed by atoms with van der Waals surface area (Å²) in [5.41, 5.74) is 0. The Morgan fingerprint density at radius 3 is 0.838 bits per heavy atom. The van der Waals surface area contributed by atoms with Crippen molar-refractivity contribution in [2.75, 3.05) is 19.6 Å². The summed E-state index contributed by atoms with van der Waals surface area (Å²) in [5, 5.41) is 11.2. The Hall–Kier alpha value is -0.570. The van der Waals surface area contributed by atoms with Gasteiger partial charge >= 0.3 is 0 Å². The summed E-state index contributed by atoms with van der Waals surface area (Å²) < 4.78 is 0. The van der Waals surface area contributed by atoms with Gasteiger partial charge in [-0.15, -0.1) is 0 Å². The maximum absolute atomic E-state index is 11.2. The number of hydrogen-bond donors (Lipinski definition) is 0. The van der Waals surface area contributed by atoms with Gasteiger partial charge < -0.3 is 9.90 Å². The van der Waals surface area contributed by atoms with E-state index in [9.17, 15) is 9.90 Å². The van der Waals surface area contributed by atoms with Gasteiger partial charge in [-0.1, -0.05) is 181 Å². The van der Waals surface area contributed by atoms with Crippen molar-refractivity contribution < 1.29 is 9.90 Å². The molecule has 0 spiro atoms. The highest BCUT2D eigenvalue weighted by molar-refractivity contribution is 5.66. The molecule has 0 heterocycles. The van der Waals surface area contributed by atoms with E-state index in [1.807, 2.05) is 0 Å². The average molecular weight is 523 g/mol. The van der Waals surface area contributed by atoms with Gasteiger partial charge in [-0.3, -0.25) is 4.90 Å². The van der Waals surface area contributed by atoms with Crippen LogP contribution in [0.15, 0.2) is 0 Å². The molecule has 0 aromatic rings. The van der Waals surface area contributed by atoms with Crippen LogP contribution in [-0.2, 0) is 4.79 Å². The van der Waals surface area contributed by atoms with Gasteiger partial charge in [-0.05, 0) is 25.9 Å². The summed E-state index contributed by atoms with van der Waals surface area (Å²) >= 11 is 0. The van der Waals surface area contributed by atoms with Crippen LogP contribution in [0.1, 0.15) is 194 Å². The lowest BCUT2D eigenvalue weighted by Crippen LogP contribution is -2.39. The van der Waals surface area contributed by atoms with Crippen molar-refractivity contribution in [3.05, 3.63) is 0 Å². The van der Waals surface area contributed by atoms with E-state index in [-0.39, 0.29) is 6.54 Å².